The second-order valence-corrected chi connectivity index (χ2v) is 5.75. The zero-order valence-electron chi connectivity index (χ0n) is 13.1. The van der Waals surface area contributed by atoms with E-state index >= 15 is 0 Å². The molecule has 1 aliphatic rings. The number of benzene rings is 1. The van der Waals surface area contributed by atoms with Gasteiger partial charge in [-0.1, -0.05) is 6.07 Å². The van der Waals surface area contributed by atoms with Gasteiger partial charge in [0.25, 0.3) is 0 Å². The van der Waals surface area contributed by atoms with E-state index in [1.54, 1.807) is 7.11 Å². The summed E-state index contributed by atoms with van der Waals surface area (Å²) in [7, 11) is 1.65. The Morgan fingerprint density at radius 3 is 2.67 bits per heavy atom. The molecule has 1 aliphatic heterocycles. The monoisotopic (exact) mass is 291 g/mol. The van der Waals surface area contributed by atoms with Gasteiger partial charge in [-0.3, -0.25) is 9.69 Å². The molecule has 21 heavy (non-hydrogen) atoms. The molecular formula is C16H25N3O2. The average Bonchev–Trinajstić information content (AvgIpc) is 2.45. The van der Waals surface area contributed by atoms with E-state index in [9.17, 15) is 4.79 Å². The zero-order valence-corrected chi connectivity index (χ0v) is 13.1. The molecule has 2 rings (SSSR count). The largest absolute Gasteiger partial charge is 0.496 e. The minimum Gasteiger partial charge on any atom is -0.496 e. The van der Waals surface area contributed by atoms with Crippen molar-refractivity contribution in [3.05, 3.63) is 23.3 Å². The van der Waals surface area contributed by atoms with Crippen LogP contribution in [0.1, 0.15) is 24.0 Å². The summed E-state index contributed by atoms with van der Waals surface area (Å²) in [4.78, 5) is 14.3. The van der Waals surface area contributed by atoms with E-state index in [-0.39, 0.29) is 11.9 Å². The zero-order chi connectivity index (χ0) is 15.4. The van der Waals surface area contributed by atoms with Gasteiger partial charge in [0.05, 0.1) is 13.7 Å². The molecule has 1 aromatic carbocycles. The topological polar surface area (TPSA) is 67.6 Å². The predicted molar refractivity (Wildman–Crippen MR) is 84.7 cm³/mol. The van der Waals surface area contributed by atoms with Crippen LogP contribution in [0, 0.1) is 13.8 Å². The van der Waals surface area contributed by atoms with E-state index in [2.05, 4.69) is 10.2 Å². The number of piperidine rings is 1. The number of carbonyl (C=O) groups is 1. The van der Waals surface area contributed by atoms with Crippen molar-refractivity contribution in [2.75, 3.05) is 32.1 Å². The SMILES string of the molecule is COc1c(C)ccc(NC(=O)CN2CCC(N)CC2)c1C. The van der Waals surface area contributed by atoms with Crippen molar-refractivity contribution in [2.24, 2.45) is 5.73 Å². The number of ether oxygens (including phenoxy) is 1. The fourth-order valence-corrected chi connectivity index (χ4v) is 2.78. The van der Waals surface area contributed by atoms with E-state index in [1.165, 1.54) is 0 Å². The summed E-state index contributed by atoms with van der Waals surface area (Å²) in [6.45, 7) is 6.16. The lowest BCUT2D eigenvalue weighted by atomic mass is 10.1. The molecular weight excluding hydrogens is 266 g/mol. The molecule has 0 aliphatic carbocycles. The number of hydrogen-bond acceptors (Lipinski definition) is 4. The Kier molecular flexibility index (Phi) is 5.20. The van der Waals surface area contributed by atoms with Crippen molar-refractivity contribution in [1.82, 2.24) is 4.90 Å². The second kappa shape index (κ2) is 6.91. The normalized spacial score (nSPS) is 16.8. The van der Waals surface area contributed by atoms with Gasteiger partial charge in [-0.05, 0) is 38.3 Å². The lowest BCUT2D eigenvalue weighted by Gasteiger charge is -2.29. The number of rotatable bonds is 4. The van der Waals surface area contributed by atoms with Crippen LogP contribution in [-0.2, 0) is 4.79 Å². The first-order valence-electron chi connectivity index (χ1n) is 7.43. The fraction of sp³-hybridized carbons (Fsp3) is 0.562. The van der Waals surface area contributed by atoms with Gasteiger partial charge in [-0.25, -0.2) is 0 Å². The Morgan fingerprint density at radius 1 is 1.38 bits per heavy atom. The van der Waals surface area contributed by atoms with Gasteiger partial charge in [-0.2, -0.15) is 0 Å². The molecule has 0 unspecified atom stereocenters. The second-order valence-electron chi connectivity index (χ2n) is 5.75. The minimum absolute atomic E-state index is 0.0134. The molecule has 0 atom stereocenters. The molecule has 116 valence electrons. The molecule has 5 heteroatoms. The molecule has 0 spiro atoms. The van der Waals surface area contributed by atoms with Gasteiger partial charge in [0, 0.05) is 30.4 Å². The van der Waals surface area contributed by atoms with Crippen LogP contribution in [-0.4, -0.2) is 43.6 Å². The summed E-state index contributed by atoms with van der Waals surface area (Å²) in [5, 5.41) is 2.98. The first-order valence-corrected chi connectivity index (χ1v) is 7.43. The highest BCUT2D eigenvalue weighted by molar-refractivity contribution is 5.93. The molecule has 0 saturated carbocycles. The maximum atomic E-state index is 12.2. The molecule has 1 heterocycles. The van der Waals surface area contributed by atoms with Crippen molar-refractivity contribution in [1.29, 1.82) is 0 Å². The van der Waals surface area contributed by atoms with Crippen LogP contribution in [0.2, 0.25) is 0 Å². The number of aryl methyl sites for hydroxylation is 1. The van der Waals surface area contributed by atoms with Gasteiger partial charge in [0.2, 0.25) is 5.91 Å². The molecule has 0 radical (unpaired) electrons. The minimum atomic E-state index is 0.0134. The molecule has 1 saturated heterocycles. The smallest absolute Gasteiger partial charge is 0.238 e. The molecule has 5 nitrogen and oxygen atoms in total. The summed E-state index contributed by atoms with van der Waals surface area (Å²) in [5.41, 5.74) is 8.72. The molecule has 0 bridgehead atoms. The van der Waals surface area contributed by atoms with Crippen molar-refractivity contribution in [3.8, 4) is 5.75 Å². The standard InChI is InChI=1S/C16H25N3O2/c1-11-4-5-14(12(2)16(11)21-3)18-15(20)10-19-8-6-13(17)7-9-19/h4-5,13H,6-10,17H2,1-3H3,(H,18,20). The lowest BCUT2D eigenvalue weighted by Crippen LogP contribution is -2.43. The van der Waals surface area contributed by atoms with Gasteiger partial charge >= 0.3 is 0 Å². The van der Waals surface area contributed by atoms with Crippen LogP contribution in [0.4, 0.5) is 5.69 Å². The Hall–Kier alpha value is -1.59. The third-order valence-electron chi connectivity index (χ3n) is 4.08. The first kappa shape index (κ1) is 15.8. The van der Waals surface area contributed by atoms with Crippen LogP contribution in [0.5, 0.6) is 5.75 Å². The highest BCUT2D eigenvalue weighted by atomic mass is 16.5. The quantitative estimate of drug-likeness (QED) is 0.885. The number of methoxy groups -OCH3 is 1. The highest BCUT2D eigenvalue weighted by Crippen LogP contribution is 2.29. The molecule has 1 aromatic rings. The van der Waals surface area contributed by atoms with Crippen LogP contribution in [0.25, 0.3) is 0 Å². The van der Waals surface area contributed by atoms with Gasteiger partial charge in [0.15, 0.2) is 0 Å². The number of amides is 1. The Morgan fingerprint density at radius 2 is 2.05 bits per heavy atom. The first-order chi connectivity index (χ1) is 10.0. The molecule has 3 N–H and O–H groups in total. The predicted octanol–water partition coefficient (Wildman–Crippen LogP) is 1.67. The Balaban J connectivity index is 1.97. The average molecular weight is 291 g/mol. The van der Waals surface area contributed by atoms with Crippen LogP contribution in [0.3, 0.4) is 0 Å². The summed E-state index contributed by atoms with van der Waals surface area (Å²) in [5.74, 6) is 0.844. The third kappa shape index (κ3) is 3.95. The fourth-order valence-electron chi connectivity index (χ4n) is 2.78. The van der Waals surface area contributed by atoms with Gasteiger partial charge in [-0.15, -0.1) is 0 Å². The number of likely N-dealkylation sites (tertiary alicyclic amines) is 1. The molecule has 1 amide bonds. The van der Waals surface area contributed by atoms with E-state index < -0.39 is 0 Å². The van der Waals surface area contributed by atoms with Crippen LogP contribution >= 0.6 is 0 Å². The van der Waals surface area contributed by atoms with E-state index in [0.717, 1.165) is 48.5 Å². The van der Waals surface area contributed by atoms with Crippen LogP contribution in [0.15, 0.2) is 12.1 Å². The van der Waals surface area contributed by atoms with Gasteiger partial charge in [0.1, 0.15) is 5.75 Å². The number of nitrogens with two attached hydrogens (primary N) is 1. The van der Waals surface area contributed by atoms with Crippen molar-refractivity contribution in [3.63, 3.8) is 0 Å². The Labute approximate surface area is 126 Å². The van der Waals surface area contributed by atoms with Crippen molar-refractivity contribution >= 4 is 11.6 Å². The van der Waals surface area contributed by atoms with E-state index in [1.807, 2.05) is 26.0 Å². The van der Waals surface area contributed by atoms with Crippen LogP contribution < -0.4 is 15.8 Å². The highest BCUT2D eigenvalue weighted by Gasteiger charge is 2.19. The molecule has 1 fully saturated rings. The third-order valence-corrected chi connectivity index (χ3v) is 4.08. The lowest BCUT2D eigenvalue weighted by molar-refractivity contribution is -0.117. The van der Waals surface area contributed by atoms with E-state index in [4.69, 9.17) is 10.5 Å². The summed E-state index contributed by atoms with van der Waals surface area (Å²) < 4.78 is 5.38. The number of carbonyl (C=O) groups excluding carboxylic acids is 1. The number of anilines is 1. The number of hydrogen-bond donors (Lipinski definition) is 2. The Bertz CT molecular complexity index is 508. The van der Waals surface area contributed by atoms with Crippen molar-refractivity contribution in [2.45, 2.75) is 32.7 Å². The van der Waals surface area contributed by atoms with Crippen molar-refractivity contribution < 1.29 is 9.53 Å². The maximum Gasteiger partial charge on any atom is 0.238 e. The molecule has 0 aromatic heterocycles. The maximum absolute atomic E-state index is 12.2. The van der Waals surface area contributed by atoms with Gasteiger partial charge < -0.3 is 15.8 Å². The summed E-state index contributed by atoms with van der Waals surface area (Å²) in [6, 6.07) is 4.17. The summed E-state index contributed by atoms with van der Waals surface area (Å²) >= 11 is 0. The number of nitrogens with zero attached hydrogens (tertiary/aromatic N) is 1. The van der Waals surface area contributed by atoms with E-state index in [0.29, 0.717) is 6.54 Å². The number of nitrogens with one attached hydrogen (secondary N) is 1. The summed E-state index contributed by atoms with van der Waals surface area (Å²) in [6.07, 6.45) is 1.93.